The number of unbranched alkanes of at least 4 members (excludes halogenated alkanes) is 2. The van der Waals surface area contributed by atoms with Crippen LogP contribution >= 0.6 is 0 Å². The van der Waals surface area contributed by atoms with Crippen LogP contribution in [0.2, 0.25) is 18.1 Å². The first-order valence-electron chi connectivity index (χ1n) is 12.7. The summed E-state index contributed by atoms with van der Waals surface area (Å²) in [6, 6.07) is 5.93. The van der Waals surface area contributed by atoms with Gasteiger partial charge in [0.15, 0.2) is 8.32 Å². The van der Waals surface area contributed by atoms with E-state index in [1.807, 2.05) is 6.07 Å². The zero-order valence-corrected chi connectivity index (χ0v) is 21.5. The highest BCUT2D eigenvalue weighted by molar-refractivity contribution is 6.72. The Balaban J connectivity index is 1.67. The van der Waals surface area contributed by atoms with Crippen molar-refractivity contribution >= 4 is 8.32 Å². The highest BCUT2D eigenvalue weighted by atomic mass is 28.4. The van der Waals surface area contributed by atoms with Gasteiger partial charge < -0.3 is 15.0 Å². The fourth-order valence-corrected chi connectivity index (χ4v) is 7.04. The standard InChI is InChI=1S/C27H46O3Si/c1-6-7-8-10-19(18-27(2,3)31(4,5)30)13-14-22-23-15-20-11-9-12-25(28)24(20)16-21(23)17-26(22)29/h9,11-12,19,21-23,26,28-30H,6-8,10,13-18H2,1-5H3/t19-,21-,22+,23-,26+/m0/s1. The van der Waals surface area contributed by atoms with Crippen molar-refractivity contribution in [3.63, 3.8) is 0 Å². The average molecular weight is 447 g/mol. The summed E-state index contributed by atoms with van der Waals surface area (Å²) in [7, 11) is -2.22. The molecule has 0 amide bonds. The Morgan fingerprint density at radius 1 is 1.13 bits per heavy atom. The zero-order chi connectivity index (χ0) is 22.8. The van der Waals surface area contributed by atoms with Crippen molar-refractivity contribution in [2.75, 3.05) is 0 Å². The van der Waals surface area contributed by atoms with Gasteiger partial charge in [0.1, 0.15) is 5.75 Å². The van der Waals surface area contributed by atoms with Crippen LogP contribution in [0.3, 0.4) is 0 Å². The van der Waals surface area contributed by atoms with Crippen LogP contribution in [-0.4, -0.2) is 29.4 Å². The van der Waals surface area contributed by atoms with Crippen LogP contribution in [0.5, 0.6) is 5.75 Å². The first-order chi connectivity index (χ1) is 14.5. The number of phenols is 1. The molecule has 2 aliphatic carbocycles. The second-order valence-corrected chi connectivity index (χ2v) is 16.3. The molecule has 3 nitrogen and oxygen atoms in total. The average Bonchev–Trinajstić information content (AvgIpc) is 2.98. The van der Waals surface area contributed by atoms with E-state index in [2.05, 4.69) is 39.9 Å². The van der Waals surface area contributed by atoms with Gasteiger partial charge in [-0.25, -0.2) is 0 Å². The van der Waals surface area contributed by atoms with E-state index in [-0.39, 0.29) is 11.1 Å². The molecule has 0 bridgehead atoms. The second-order valence-electron chi connectivity index (χ2n) is 11.8. The van der Waals surface area contributed by atoms with Crippen LogP contribution in [0.15, 0.2) is 18.2 Å². The lowest BCUT2D eigenvalue weighted by atomic mass is 9.73. The van der Waals surface area contributed by atoms with E-state index >= 15 is 0 Å². The minimum absolute atomic E-state index is 0.0159. The predicted molar refractivity (Wildman–Crippen MR) is 132 cm³/mol. The Morgan fingerprint density at radius 3 is 2.55 bits per heavy atom. The van der Waals surface area contributed by atoms with Crippen molar-refractivity contribution < 1.29 is 15.0 Å². The van der Waals surface area contributed by atoms with E-state index in [4.69, 9.17) is 0 Å². The molecule has 0 heterocycles. The molecule has 0 aromatic heterocycles. The molecule has 0 unspecified atom stereocenters. The summed E-state index contributed by atoms with van der Waals surface area (Å²) >= 11 is 0. The number of aromatic hydroxyl groups is 1. The molecule has 1 aromatic rings. The third-order valence-corrected chi connectivity index (χ3v) is 12.5. The van der Waals surface area contributed by atoms with Gasteiger partial charge in [-0.1, -0.05) is 65.0 Å². The molecule has 3 N–H and O–H groups in total. The van der Waals surface area contributed by atoms with E-state index in [1.54, 1.807) is 6.07 Å². The van der Waals surface area contributed by atoms with Gasteiger partial charge in [-0.2, -0.15) is 0 Å². The number of aliphatic hydroxyl groups excluding tert-OH is 1. The smallest absolute Gasteiger partial charge is 0.188 e. The van der Waals surface area contributed by atoms with Crippen LogP contribution in [0, 0.1) is 23.7 Å². The van der Waals surface area contributed by atoms with E-state index in [0.29, 0.717) is 29.4 Å². The minimum Gasteiger partial charge on any atom is -0.508 e. The van der Waals surface area contributed by atoms with Gasteiger partial charge in [0.25, 0.3) is 0 Å². The number of aliphatic hydroxyl groups is 1. The van der Waals surface area contributed by atoms with E-state index < -0.39 is 8.32 Å². The summed E-state index contributed by atoms with van der Waals surface area (Å²) in [5.74, 6) is 2.48. The number of hydrogen-bond acceptors (Lipinski definition) is 3. The number of rotatable bonds is 10. The van der Waals surface area contributed by atoms with Crippen LogP contribution in [0.1, 0.15) is 83.3 Å². The molecule has 1 aromatic carbocycles. The Kier molecular flexibility index (Phi) is 7.97. The van der Waals surface area contributed by atoms with Crippen LogP contribution < -0.4 is 0 Å². The minimum atomic E-state index is -2.22. The highest BCUT2D eigenvalue weighted by Gasteiger charge is 2.45. The van der Waals surface area contributed by atoms with Crippen molar-refractivity contribution in [2.24, 2.45) is 23.7 Å². The predicted octanol–water partition coefficient (Wildman–Crippen LogP) is 6.45. The second kappa shape index (κ2) is 9.97. The largest absolute Gasteiger partial charge is 0.508 e. The van der Waals surface area contributed by atoms with Crippen LogP contribution in [-0.2, 0) is 12.8 Å². The van der Waals surface area contributed by atoms with Crippen molar-refractivity contribution in [1.82, 2.24) is 0 Å². The lowest BCUT2D eigenvalue weighted by molar-refractivity contribution is 0.104. The molecule has 5 atom stereocenters. The molecule has 176 valence electrons. The normalized spacial score (nSPS) is 27.1. The van der Waals surface area contributed by atoms with Crippen LogP contribution in [0.25, 0.3) is 0 Å². The topological polar surface area (TPSA) is 60.7 Å². The van der Waals surface area contributed by atoms with Crippen molar-refractivity contribution in [3.8, 4) is 5.75 Å². The van der Waals surface area contributed by atoms with Gasteiger partial charge in [-0.3, -0.25) is 0 Å². The number of benzene rings is 1. The van der Waals surface area contributed by atoms with Crippen molar-refractivity contribution in [1.29, 1.82) is 0 Å². The zero-order valence-electron chi connectivity index (χ0n) is 20.5. The monoisotopic (exact) mass is 446 g/mol. The molecule has 0 radical (unpaired) electrons. The Labute approximate surface area is 191 Å². The lowest BCUT2D eigenvalue weighted by Crippen LogP contribution is -2.40. The Morgan fingerprint density at radius 2 is 1.87 bits per heavy atom. The van der Waals surface area contributed by atoms with E-state index in [9.17, 15) is 15.0 Å². The first-order valence-corrected chi connectivity index (χ1v) is 15.7. The molecule has 1 fully saturated rings. The van der Waals surface area contributed by atoms with E-state index in [1.165, 1.54) is 31.2 Å². The Bertz CT molecular complexity index is 724. The van der Waals surface area contributed by atoms with Gasteiger partial charge in [0, 0.05) is 0 Å². The third-order valence-electron chi connectivity index (χ3n) is 8.94. The molecule has 31 heavy (non-hydrogen) atoms. The summed E-state index contributed by atoms with van der Waals surface area (Å²) < 4.78 is 0. The SMILES string of the molecule is CCCCC[C@@H](CC[C@@H]1[C@H]2Cc3cccc(O)c3C[C@H]2C[C@H]1O)CC(C)(C)[Si](C)(C)O. The third kappa shape index (κ3) is 5.75. The van der Waals surface area contributed by atoms with Gasteiger partial charge in [0.2, 0.25) is 0 Å². The van der Waals surface area contributed by atoms with E-state index in [0.717, 1.165) is 44.1 Å². The van der Waals surface area contributed by atoms with Crippen molar-refractivity contribution in [3.05, 3.63) is 29.3 Å². The molecule has 1 saturated carbocycles. The molecular formula is C27H46O3Si. The molecule has 4 heteroatoms. The maximum atomic E-state index is 11.0. The molecular weight excluding hydrogens is 400 g/mol. The quantitative estimate of drug-likeness (QED) is 0.286. The maximum Gasteiger partial charge on any atom is 0.188 e. The molecule has 0 aliphatic heterocycles. The summed E-state index contributed by atoms with van der Waals surface area (Å²) in [6.45, 7) is 10.9. The summed E-state index contributed by atoms with van der Waals surface area (Å²) in [6.07, 6.45) is 11.0. The molecule has 0 saturated heterocycles. The maximum absolute atomic E-state index is 11.0. The number of phenolic OH excluding ortho intramolecular Hbond substituents is 1. The molecule has 3 rings (SSSR count). The first kappa shape index (κ1) is 24.8. The van der Waals surface area contributed by atoms with Gasteiger partial charge in [-0.15, -0.1) is 0 Å². The summed E-state index contributed by atoms with van der Waals surface area (Å²) in [5, 5.41) is 21.3. The number of fused-ring (bicyclic) bond motifs is 2. The van der Waals surface area contributed by atoms with Gasteiger partial charge in [0.05, 0.1) is 6.10 Å². The van der Waals surface area contributed by atoms with Gasteiger partial charge in [-0.05, 0) is 91.1 Å². The lowest BCUT2D eigenvalue weighted by Gasteiger charge is -2.38. The highest BCUT2D eigenvalue weighted by Crippen LogP contribution is 2.50. The summed E-state index contributed by atoms with van der Waals surface area (Å²) in [5.41, 5.74) is 2.40. The summed E-state index contributed by atoms with van der Waals surface area (Å²) in [4.78, 5) is 10.8. The Hall–Kier alpha value is -0.843. The van der Waals surface area contributed by atoms with Crippen LogP contribution in [0.4, 0.5) is 0 Å². The number of hydrogen-bond donors (Lipinski definition) is 3. The molecule has 2 aliphatic rings. The fraction of sp³-hybridized carbons (Fsp3) is 0.778. The fourth-order valence-electron chi connectivity index (χ4n) is 6.25. The van der Waals surface area contributed by atoms with Gasteiger partial charge >= 0.3 is 0 Å². The molecule has 0 spiro atoms. The van der Waals surface area contributed by atoms with Crippen molar-refractivity contribution in [2.45, 2.75) is 109 Å².